The quantitative estimate of drug-likeness (QED) is 0.758. The van der Waals surface area contributed by atoms with Crippen molar-refractivity contribution in [3.8, 4) is 0 Å². The molecule has 1 saturated heterocycles. The number of imide groups is 1. The lowest BCUT2D eigenvalue weighted by Crippen LogP contribution is -2.56. The van der Waals surface area contributed by atoms with E-state index in [1.807, 2.05) is 0 Å². The molecule has 1 aromatic carbocycles. The minimum absolute atomic E-state index is 0.0849. The first-order valence-corrected chi connectivity index (χ1v) is 4.85. The van der Waals surface area contributed by atoms with Gasteiger partial charge in [-0.1, -0.05) is 6.07 Å². The topological polar surface area (TPSA) is 61.4 Å². The highest BCUT2D eigenvalue weighted by atomic mass is 19.1. The van der Waals surface area contributed by atoms with Gasteiger partial charge in [0, 0.05) is 0 Å². The predicted octanol–water partition coefficient (Wildman–Crippen LogP) is 0.635. The van der Waals surface area contributed by atoms with Crippen LogP contribution in [0.2, 0.25) is 0 Å². The van der Waals surface area contributed by atoms with Gasteiger partial charge in [0.15, 0.2) is 0 Å². The maximum Gasteiger partial charge on any atom is 0.326 e. The molecule has 0 radical (unpaired) electrons. The maximum atomic E-state index is 13.3. The first-order valence-electron chi connectivity index (χ1n) is 4.85. The Morgan fingerprint density at radius 1 is 1.29 bits per heavy atom. The lowest BCUT2D eigenvalue weighted by molar-refractivity contribution is 0.0759. The van der Waals surface area contributed by atoms with Crippen LogP contribution in [-0.2, 0) is 0 Å². The van der Waals surface area contributed by atoms with Crippen molar-refractivity contribution < 1.29 is 18.4 Å². The smallest absolute Gasteiger partial charge is 0.325 e. The van der Waals surface area contributed by atoms with Crippen molar-refractivity contribution in [2.75, 3.05) is 13.3 Å². The molecule has 0 spiro atoms. The lowest BCUT2D eigenvalue weighted by atomic mass is 10.1. The summed E-state index contributed by atoms with van der Waals surface area (Å²) in [6, 6.07) is 2.39. The second-order valence-corrected chi connectivity index (χ2v) is 3.40. The fraction of sp³-hybridized carbons (Fsp3) is 0.200. The van der Waals surface area contributed by atoms with Gasteiger partial charge in [-0.2, -0.15) is 0 Å². The van der Waals surface area contributed by atoms with Gasteiger partial charge < -0.3 is 5.32 Å². The van der Waals surface area contributed by atoms with E-state index in [0.717, 1.165) is 18.2 Å². The van der Waals surface area contributed by atoms with E-state index in [1.54, 1.807) is 0 Å². The second kappa shape index (κ2) is 4.46. The molecule has 90 valence electrons. The number of amides is 3. The zero-order chi connectivity index (χ0) is 12.4. The van der Waals surface area contributed by atoms with E-state index in [-0.39, 0.29) is 13.3 Å². The molecule has 0 aliphatic carbocycles. The molecule has 2 N–H and O–H groups in total. The van der Waals surface area contributed by atoms with E-state index < -0.39 is 29.1 Å². The largest absolute Gasteiger partial charge is 0.326 e. The van der Waals surface area contributed by atoms with Gasteiger partial charge >= 0.3 is 6.03 Å². The summed E-state index contributed by atoms with van der Waals surface area (Å²) in [6.45, 7) is 0.126. The minimum atomic E-state index is -1.01. The van der Waals surface area contributed by atoms with Crippen LogP contribution in [0.25, 0.3) is 0 Å². The van der Waals surface area contributed by atoms with Gasteiger partial charge in [0.25, 0.3) is 5.91 Å². The Labute approximate surface area is 95.4 Å². The summed E-state index contributed by atoms with van der Waals surface area (Å²) in [5.74, 6) is -2.99. The van der Waals surface area contributed by atoms with Crippen molar-refractivity contribution in [2.24, 2.45) is 0 Å². The van der Waals surface area contributed by atoms with Crippen molar-refractivity contribution in [1.82, 2.24) is 15.5 Å². The van der Waals surface area contributed by atoms with Crippen LogP contribution in [0.1, 0.15) is 10.4 Å². The molecule has 17 heavy (non-hydrogen) atoms. The second-order valence-electron chi connectivity index (χ2n) is 3.40. The summed E-state index contributed by atoms with van der Waals surface area (Å²) in [5.41, 5.74) is -0.730. The lowest BCUT2D eigenvalue weighted by Gasteiger charge is -2.26. The van der Waals surface area contributed by atoms with Crippen molar-refractivity contribution in [3.05, 3.63) is 35.4 Å². The van der Waals surface area contributed by atoms with E-state index in [1.165, 1.54) is 0 Å². The van der Waals surface area contributed by atoms with Crippen LogP contribution in [-0.4, -0.2) is 30.2 Å². The normalized spacial score (nSPS) is 15.6. The SMILES string of the molecule is O=C1NCNCN1C(=O)c1c(F)cccc1F. The van der Waals surface area contributed by atoms with Crippen LogP contribution in [0.4, 0.5) is 13.6 Å². The van der Waals surface area contributed by atoms with Crippen LogP contribution in [0.15, 0.2) is 18.2 Å². The zero-order valence-electron chi connectivity index (χ0n) is 8.67. The first-order chi connectivity index (χ1) is 8.11. The van der Waals surface area contributed by atoms with Crippen LogP contribution in [0, 0.1) is 11.6 Å². The molecule has 1 fully saturated rings. The molecule has 0 saturated carbocycles. The molecule has 1 aromatic rings. The van der Waals surface area contributed by atoms with E-state index in [9.17, 15) is 18.4 Å². The fourth-order valence-corrected chi connectivity index (χ4v) is 1.47. The van der Waals surface area contributed by atoms with E-state index >= 15 is 0 Å². The van der Waals surface area contributed by atoms with Crippen LogP contribution < -0.4 is 10.6 Å². The van der Waals surface area contributed by atoms with Gasteiger partial charge in [-0.3, -0.25) is 10.1 Å². The van der Waals surface area contributed by atoms with Crippen LogP contribution in [0.3, 0.4) is 0 Å². The molecular weight excluding hydrogens is 232 g/mol. The number of carbonyl (C=O) groups is 2. The minimum Gasteiger partial charge on any atom is -0.325 e. The summed E-state index contributed by atoms with van der Waals surface area (Å²) < 4.78 is 26.7. The average Bonchev–Trinajstić information content (AvgIpc) is 2.29. The molecule has 0 aromatic heterocycles. The molecular formula is C10H9F2N3O2. The molecule has 5 nitrogen and oxygen atoms in total. The Morgan fingerprint density at radius 2 is 1.94 bits per heavy atom. The molecule has 7 heteroatoms. The number of nitrogens with zero attached hydrogens (tertiary/aromatic N) is 1. The van der Waals surface area contributed by atoms with E-state index in [4.69, 9.17) is 0 Å². The zero-order valence-corrected chi connectivity index (χ0v) is 8.67. The maximum absolute atomic E-state index is 13.3. The average molecular weight is 241 g/mol. The molecule has 2 rings (SSSR count). The summed E-state index contributed by atoms with van der Waals surface area (Å²) in [5, 5.41) is 5.01. The van der Waals surface area contributed by atoms with E-state index in [2.05, 4.69) is 10.6 Å². The standard InChI is InChI=1S/C10H9F2N3O2/c11-6-2-1-3-7(12)8(6)9(16)15-5-13-4-14-10(15)17/h1-3,13H,4-5H2,(H,14,17). The Morgan fingerprint density at radius 3 is 2.53 bits per heavy atom. The Balaban J connectivity index is 2.33. The monoisotopic (exact) mass is 241 g/mol. The number of halogens is 2. The highest BCUT2D eigenvalue weighted by Gasteiger charge is 2.29. The summed E-state index contributed by atoms with van der Waals surface area (Å²) in [4.78, 5) is 23.8. The van der Waals surface area contributed by atoms with Crippen LogP contribution in [0.5, 0.6) is 0 Å². The summed E-state index contributed by atoms with van der Waals surface area (Å²) in [7, 11) is 0. The molecule has 0 atom stereocenters. The van der Waals surface area contributed by atoms with Gasteiger partial charge in [-0.15, -0.1) is 0 Å². The number of nitrogens with one attached hydrogen (secondary N) is 2. The van der Waals surface area contributed by atoms with Crippen molar-refractivity contribution in [1.29, 1.82) is 0 Å². The molecule has 0 bridgehead atoms. The number of benzene rings is 1. The summed E-state index contributed by atoms with van der Waals surface area (Å²) >= 11 is 0. The molecule has 3 amide bonds. The van der Waals surface area contributed by atoms with Crippen molar-refractivity contribution in [2.45, 2.75) is 0 Å². The molecule has 0 unspecified atom stereocenters. The fourth-order valence-electron chi connectivity index (χ4n) is 1.47. The highest BCUT2D eigenvalue weighted by Crippen LogP contribution is 2.15. The van der Waals surface area contributed by atoms with Gasteiger partial charge in [0.1, 0.15) is 17.2 Å². The number of hydrogen-bond donors (Lipinski definition) is 2. The third-order valence-electron chi connectivity index (χ3n) is 2.30. The Hall–Kier alpha value is -2.02. The van der Waals surface area contributed by atoms with Crippen LogP contribution >= 0.6 is 0 Å². The highest BCUT2D eigenvalue weighted by molar-refractivity contribution is 6.04. The van der Waals surface area contributed by atoms with Gasteiger partial charge in [0.2, 0.25) is 0 Å². The third-order valence-corrected chi connectivity index (χ3v) is 2.30. The van der Waals surface area contributed by atoms with E-state index in [0.29, 0.717) is 4.90 Å². The molecule has 1 heterocycles. The number of rotatable bonds is 1. The molecule has 1 aliphatic rings. The van der Waals surface area contributed by atoms with Crippen molar-refractivity contribution in [3.63, 3.8) is 0 Å². The predicted molar refractivity (Wildman–Crippen MR) is 53.9 cm³/mol. The Kier molecular flexibility index (Phi) is 3.01. The third kappa shape index (κ3) is 2.09. The van der Waals surface area contributed by atoms with Gasteiger partial charge in [-0.25, -0.2) is 18.5 Å². The van der Waals surface area contributed by atoms with Crippen molar-refractivity contribution >= 4 is 11.9 Å². The molecule has 1 aliphatic heterocycles. The number of urea groups is 1. The van der Waals surface area contributed by atoms with Gasteiger partial charge in [-0.05, 0) is 12.1 Å². The van der Waals surface area contributed by atoms with Gasteiger partial charge in [0.05, 0.1) is 13.3 Å². The Bertz CT molecular complexity index is 458. The number of hydrogen-bond acceptors (Lipinski definition) is 3. The summed E-state index contributed by atoms with van der Waals surface area (Å²) in [6.07, 6.45) is 0. The first kappa shape index (κ1) is 11.5. The number of carbonyl (C=O) groups excluding carboxylic acids is 2.